The monoisotopic (exact) mass is 368 g/mol. The Morgan fingerprint density at radius 2 is 2.08 bits per heavy atom. The highest BCUT2D eigenvalue weighted by atomic mass is 35.5. The van der Waals surface area contributed by atoms with E-state index in [0.717, 1.165) is 23.2 Å². The number of carbonyl (C=O) groups is 1. The molecule has 11 heteroatoms. The number of carboxylic acids is 1. The molecule has 0 bridgehead atoms. The Kier molecular flexibility index (Phi) is 3.65. The number of hydrogen-bond donors (Lipinski definition) is 2. The number of rotatable bonds is 3. The molecule has 2 N–H and O–H groups in total. The lowest BCUT2D eigenvalue weighted by Crippen LogP contribution is -2.14. The summed E-state index contributed by atoms with van der Waals surface area (Å²) >= 11 is 5.95. The van der Waals surface area contributed by atoms with Crippen molar-refractivity contribution in [3.63, 3.8) is 0 Å². The maximum atomic E-state index is 12.2. The Bertz CT molecular complexity index is 1150. The van der Waals surface area contributed by atoms with Crippen LogP contribution in [0.25, 0.3) is 16.9 Å². The Hall–Kier alpha value is -2.72. The second-order valence-electron chi connectivity index (χ2n) is 4.94. The molecule has 0 aliphatic carbocycles. The van der Waals surface area contributed by atoms with Crippen molar-refractivity contribution in [2.75, 3.05) is 6.26 Å². The van der Waals surface area contributed by atoms with Gasteiger partial charge >= 0.3 is 5.97 Å². The number of aromatic carboxylic acids is 1. The lowest BCUT2D eigenvalue weighted by Gasteiger charge is -2.06. The summed E-state index contributed by atoms with van der Waals surface area (Å²) in [7, 11) is -3.61. The van der Waals surface area contributed by atoms with Crippen LogP contribution < -0.4 is 5.56 Å². The highest BCUT2D eigenvalue weighted by Crippen LogP contribution is 2.25. The first-order valence-corrected chi connectivity index (χ1v) is 8.66. The van der Waals surface area contributed by atoms with Gasteiger partial charge in [-0.3, -0.25) is 9.78 Å². The summed E-state index contributed by atoms with van der Waals surface area (Å²) in [5, 5.41) is 12.7. The number of benzene rings is 1. The van der Waals surface area contributed by atoms with Gasteiger partial charge in [0.2, 0.25) is 5.95 Å². The Labute approximate surface area is 139 Å². The minimum Gasteiger partial charge on any atom is -0.478 e. The zero-order chi connectivity index (χ0) is 17.6. The minimum atomic E-state index is -3.61. The van der Waals surface area contributed by atoms with Crippen molar-refractivity contribution >= 4 is 38.3 Å². The van der Waals surface area contributed by atoms with Crippen LogP contribution in [0.4, 0.5) is 0 Å². The summed E-state index contributed by atoms with van der Waals surface area (Å²) in [6, 6.07) is 2.40. The Morgan fingerprint density at radius 1 is 1.38 bits per heavy atom. The second kappa shape index (κ2) is 5.42. The van der Waals surface area contributed by atoms with E-state index in [2.05, 4.69) is 15.1 Å². The van der Waals surface area contributed by atoms with Crippen LogP contribution in [0.15, 0.2) is 34.2 Å². The molecule has 0 spiro atoms. The van der Waals surface area contributed by atoms with Crippen LogP contribution in [0.2, 0.25) is 5.02 Å². The zero-order valence-corrected chi connectivity index (χ0v) is 13.6. The van der Waals surface area contributed by atoms with E-state index in [1.807, 2.05) is 0 Å². The first-order valence-electron chi connectivity index (χ1n) is 6.39. The fourth-order valence-electron chi connectivity index (χ4n) is 2.07. The van der Waals surface area contributed by atoms with Crippen molar-refractivity contribution in [1.29, 1.82) is 0 Å². The molecular weight excluding hydrogens is 360 g/mol. The fourth-order valence-corrected chi connectivity index (χ4v) is 3.39. The predicted octanol–water partition coefficient (Wildman–Crippen LogP) is 0.864. The van der Waals surface area contributed by atoms with Crippen molar-refractivity contribution < 1.29 is 18.3 Å². The van der Waals surface area contributed by atoms with Crippen molar-refractivity contribution in [3.05, 3.63) is 45.5 Å². The van der Waals surface area contributed by atoms with Crippen LogP contribution in [0.1, 0.15) is 10.4 Å². The number of fused-ring (bicyclic) bond motifs is 1. The van der Waals surface area contributed by atoms with Gasteiger partial charge in [-0.05, 0) is 12.1 Å². The summed E-state index contributed by atoms with van der Waals surface area (Å²) in [5.41, 5.74) is -0.536. The van der Waals surface area contributed by atoms with E-state index in [1.54, 1.807) is 0 Å². The highest BCUT2D eigenvalue weighted by molar-refractivity contribution is 7.90. The summed E-state index contributed by atoms with van der Waals surface area (Å²) in [6.07, 6.45) is 3.26. The molecule has 3 aromatic rings. The van der Waals surface area contributed by atoms with Gasteiger partial charge in [0.05, 0.1) is 32.6 Å². The van der Waals surface area contributed by atoms with E-state index in [-0.39, 0.29) is 32.3 Å². The molecule has 0 aliphatic rings. The molecule has 1 aromatic carbocycles. The smallest absolute Gasteiger partial charge is 0.338 e. The van der Waals surface area contributed by atoms with Gasteiger partial charge in [0.1, 0.15) is 0 Å². The normalized spacial score (nSPS) is 11.8. The summed E-state index contributed by atoms with van der Waals surface area (Å²) in [5.74, 6) is -1.20. The molecule has 9 nitrogen and oxygen atoms in total. The van der Waals surface area contributed by atoms with Crippen LogP contribution in [0.5, 0.6) is 0 Å². The maximum absolute atomic E-state index is 12.2. The summed E-state index contributed by atoms with van der Waals surface area (Å²) in [6.45, 7) is 0. The number of aromatic amines is 1. The molecule has 124 valence electrons. The lowest BCUT2D eigenvalue weighted by molar-refractivity contribution is 0.0697. The minimum absolute atomic E-state index is 0.0248. The Balaban J connectivity index is 2.24. The number of halogens is 1. The van der Waals surface area contributed by atoms with Gasteiger partial charge in [-0.2, -0.15) is 5.10 Å². The third-order valence-corrected chi connectivity index (χ3v) is 4.75. The van der Waals surface area contributed by atoms with Gasteiger partial charge in [0.25, 0.3) is 5.56 Å². The third kappa shape index (κ3) is 2.76. The van der Waals surface area contributed by atoms with Crippen LogP contribution in [0.3, 0.4) is 0 Å². The largest absolute Gasteiger partial charge is 0.478 e. The zero-order valence-electron chi connectivity index (χ0n) is 12.0. The van der Waals surface area contributed by atoms with E-state index < -0.39 is 21.4 Å². The fraction of sp³-hybridized carbons (Fsp3) is 0.0769. The lowest BCUT2D eigenvalue weighted by atomic mass is 10.2. The highest BCUT2D eigenvalue weighted by Gasteiger charge is 2.17. The number of hydrogen-bond acceptors (Lipinski definition) is 6. The van der Waals surface area contributed by atoms with E-state index in [1.165, 1.54) is 12.3 Å². The van der Waals surface area contributed by atoms with E-state index in [0.29, 0.717) is 0 Å². The van der Waals surface area contributed by atoms with Crippen LogP contribution in [-0.4, -0.2) is 45.5 Å². The molecule has 3 rings (SSSR count). The van der Waals surface area contributed by atoms with Crippen LogP contribution in [0, 0.1) is 0 Å². The number of aromatic nitrogens is 4. The van der Waals surface area contributed by atoms with Crippen molar-refractivity contribution in [2.24, 2.45) is 0 Å². The molecule has 2 aromatic heterocycles. The maximum Gasteiger partial charge on any atom is 0.338 e. The first kappa shape index (κ1) is 16.1. The Morgan fingerprint density at radius 3 is 2.67 bits per heavy atom. The van der Waals surface area contributed by atoms with Crippen LogP contribution >= 0.6 is 11.6 Å². The molecule has 0 fully saturated rings. The van der Waals surface area contributed by atoms with E-state index in [4.69, 9.17) is 16.7 Å². The van der Waals surface area contributed by atoms with Crippen LogP contribution in [-0.2, 0) is 9.84 Å². The van der Waals surface area contributed by atoms with Crippen molar-refractivity contribution in [3.8, 4) is 5.95 Å². The number of H-pyrrole nitrogens is 1. The first-order chi connectivity index (χ1) is 11.2. The summed E-state index contributed by atoms with van der Waals surface area (Å²) in [4.78, 5) is 29.5. The van der Waals surface area contributed by atoms with Gasteiger partial charge in [0.15, 0.2) is 9.84 Å². The predicted molar refractivity (Wildman–Crippen MR) is 84.6 cm³/mol. The van der Waals surface area contributed by atoms with Gasteiger partial charge in [-0.15, -0.1) is 0 Å². The molecule has 0 aliphatic heterocycles. The molecule has 0 radical (unpaired) electrons. The van der Waals surface area contributed by atoms with E-state index in [9.17, 15) is 18.0 Å². The van der Waals surface area contributed by atoms with Gasteiger partial charge in [-0.25, -0.2) is 22.9 Å². The standard InChI is InChI=1S/C13H9ClN4O5S/c1-24(22,23)10-2-7-9(3-8(10)14)16-13(17-11(7)19)18-5-6(4-15-18)12(20)21/h2-5H,1H3,(H,20,21)(H,16,17,19). The molecule has 24 heavy (non-hydrogen) atoms. The quantitative estimate of drug-likeness (QED) is 0.699. The second-order valence-corrected chi connectivity index (χ2v) is 7.33. The molecule has 0 amide bonds. The average Bonchev–Trinajstić information content (AvgIpc) is 2.95. The number of nitrogens with one attached hydrogen (secondary N) is 1. The van der Waals surface area contributed by atoms with Crippen molar-refractivity contribution in [2.45, 2.75) is 4.90 Å². The molecule has 2 heterocycles. The molecule has 0 atom stereocenters. The number of sulfone groups is 1. The van der Waals surface area contributed by atoms with E-state index >= 15 is 0 Å². The molecule has 0 unspecified atom stereocenters. The third-order valence-electron chi connectivity index (χ3n) is 3.19. The average molecular weight is 369 g/mol. The molecule has 0 saturated heterocycles. The molecular formula is C13H9ClN4O5S. The molecule has 0 saturated carbocycles. The van der Waals surface area contributed by atoms with Gasteiger partial charge in [-0.1, -0.05) is 11.6 Å². The topological polar surface area (TPSA) is 135 Å². The van der Waals surface area contributed by atoms with Gasteiger partial charge in [0, 0.05) is 12.5 Å². The summed E-state index contributed by atoms with van der Waals surface area (Å²) < 4.78 is 24.4. The van der Waals surface area contributed by atoms with Gasteiger partial charge < -0.3 is 5.11 Å². The number of nitrogens with zero attached hydrogens (tertiary/aromatic N) is 3. The van der Waals surface area contributed by atoms with Crippen molar-refractivity contribution in [1.82, 2.24) is 19.7 Å². The SMILES string of the molecule is CS(=O)(=O)c1cc2c(=O)[nH]c(-n3cc(C(=O)O)cn3)nc2cc1Cl. The number of carboxylic acid groups (broad SMARTS) is 1.